The number of carboxylic acid groups (broad SMARTS) is 1. The van der Waals surface area contributed by atoms with Crippen LogP contribution in [0.25, 0.3) is 0 Å². The smallest absolute Gasteiger partial charge is 0.310 e. The Morgan fingerprint density at radius 1 is 1.12 bits per heavy atom. The quantitative estimate of drug-likeness (QED) is 0.496. The minimum absolute atomic E-state index is 0.0393. The van der Waals surface area contributed by atoms with E-state index < -0.39 is 44.9 Å². The second kappa shape index (κ2) is 7.51. The third-order valence-corrected chi connectivity index (χ3v) is 8.07. The summed E-state index contributed by atoms with van der Waals surface area (Å²) in [7, 11) is -3.52. The van der Waals surface area contributed by atoms with Crippen molar-refractivity contribution in [3.63, 3.8) is 0 Å². The molecule has 2 heterocycles. The standard InChI is InChI=1S/C24H20ClNO7S/c1-34(31,32)16-9-7-14(8-10-16)24-19(13-5-3-2-4-6-13)18(22(28)29)21(27)23(24,30)20-17(33-24)11-15(25)12-26-20/h2-12,18-19,21,27,30H,1H3,(H,28,29)/t18-,19-,21-,23?,24+/m1/s1. The number of hydrogen-bond acceptors (Lipinski definition) is 7. The number of nitrogens with zero attached hydrogens (tertiary/aromatic N) is 1. The molecular formula is C24H20ClNO7S. The number of hydrogen-bond donors (Lipinski definition) is 3. The first-order valence-electron chi connectivity index (χ1n) is 10.4. The van der Waals surface area contributed by atoms with E-state index in [1.807, 2.05) is 0 Å². The molecule has 0 radical (unpaired) electrons. The molecule has 0 bridgehead atoms. The van der Waals surface area contributed by atoms with E-state index in [0.29, 0.717) is 5.56 Å². The second-order valence-corrected chi connectivity index (χ2v) is 11.1. The first-order chi connectivity index (χ1) is 16.0. The highest BCUT2D eigenvalue weighted by Gasteiger charge is 2.78. The lowest BCUT2D eigenvalue weighted by atomic mass is 9.71. The summed E-state index contributed by atoms with van der Waals surface area (Å²) in [5, 5.41) is 33.9. The van der Waals surface area contributed by atoms with Crippen LogP contribution < -0.4 is 4.74 Å². The maximum Gasteiger partial charge on any atom is 0.310 e. The number of aliphatic carboxylic acids is 1. The summed E-state index contributed by atoms with van der Waals surface area (Å²) in [5.41, 5.74) is -3.36. The molecule has 5 rings (SSSR count). The third-order valence-electron chi connectivity index (χ3n) is 6.74. The summed E-state index contributed by atoms with van der Waals surface area (Å²) in [5.74, 6) is -3.75. The van der Waals surface area contributed by atoms with Crippen LogP contribution in [-0.2, 0) is 25.8 Å². The van der Waals surface area contributed by atoms with Gasteiger partial charge in [0, 0.05) is 24.4 Å². The summed E-state index contributed by atoms with van der Waals surface area (Å²) < 4.78 is 30.4. The van der Waals surface area contributed by atoms with Gasteiger partial charge in [-0.2, -0.15) is 0 Å². The van der Waals surface area contributed by atoms with Gasteiger partial charge in [-0.3, -0.25) is 9.78 Å². The first kappa shape index (κ1) is 22.8. The van der Waals surface area contributed by atoms with Gasteiger partial charge in [-0.05, 0) is 23.3 Å². The zero-order valence-corrected chi connectivity index (χ0v) is 19.4. The van der Waals surface area contributed by atoms with Crippen molar-refractivity contribution in [3.05, 3.63) is 88.7 Å². The fourth-order valence-electron chi connectivity index (χ4n) is 5.36. The lowest BCUT2D eigenvalue weighted by Crippen LogP contribution is -2.52. The summed E-state index contributed by atoms with van der Waals surface area (Å²) in [6.45, 7) is 0. The Labute approximate surface area is 200 Å². The van der Waals surface area contributed by atoms with E-state index in [9.17, 15) is 28.5 Å². The molecule has 5 atom stereocenters. The number of pyridine rings is 1. The van der Waals surface area contributed by atoms with Crippen molar-refractivity contribution < 1.29 is 33.3 Å². The lowest BCUT2D eigenvalue weighted by molar-refractivity contribution is -0.160. The van der Waals surface area contributed by atoms with Gasteiger partial charge in [-0.25, -0.2) is 8.42 Å². The summed E-state index contributed by atoms with van der Waals surface area (Å²) in [6.07, 6.45) is 0.541. The maximum absolute atomic E-state index is 12.4. The number of benzene rings is 2. The number of rotatable bonds is 4. The molecule has 1 aromatic heterocycles. The monoisotopic (exact) mass is 501 g/mol. The molecule has 0 saturated heterocycles. The van der Waals surface area contributed by atoms with Crippen LogP contribution in [0.4, 0.5) is 0 Å². The van der Waals surface area contributed by atoms with Crippen LogP contribution in [0.5, 0.6) is 5.75 Å². The summed E-state index contributed by atoms with van der Waals surface area (Å²) in [4.78, 5) is 16.7. The zero-order valence-electron chi connectivity index (χ0n) is 17.8. The van der Waals surface area contributed by atoms with Gasteiger partial charge >= 0.3 is 5.97 Å². The number of aromatic nitrogens is 1. The van der Waals surface area contributed by atoms with Crippen molar-refractivity contribution in [2.45, 2.75) is 28.1 Å². The molecule has 3 aromatic rings. The lowest BCUT2D eigenvalue weighted by Gasteiger charge is -2.40. The SMILES string of the molecule is CS(=O)(=O)c1ccc([C@@]23Oc4cc(Cl)cnc4C2(O)[C@H](O)[C@H](C(=O)O)[C@H]3c2ccccc2)cc1. The molecule has 1 aliphatic carbocycles. The van der Waals surface area contributed by atoms with Gasteiger partial charge in [0.25, 0.3) is 0 Å². The molecule has 1 unspecified atom stereocenters. The van der Waals surface area contributed by atoms with Crippen LogP contribution in [0, 0.1) is 5.92 Å². The van der Waals surface area contributed by atoms with Gasteiger partial charge in [0.2, 0.25) is 0 Å². The van der Waals surface area contributed by atoms with Crippen molar-refractivity contribution in [1.29, 1.82) is 0 Å². The average molecular weight is 502 g/mol. The number of aliphatic hydroxyl groups is 2. The van der Waals surface area contributed by atoms with Crippen LogP contribution in [0.15, 0.2) is 71.8 Å². The van der Waals surface area contributed by atoms with E-state index in [4.69, 9.17) is 16.3 Å². The highest BCUT2D eigenvalue weighted by Crippen LogP contribution is 2.68. The Morgan fingerprint density at radius 3 is 2.35 bits per heavy atom. The minimum atomic E-state index is -3.52. The predicted molar refractivity (Wildman–Crippen MR) is 121 cm³/mol. The number of fused-ring (bicyclic) bond motifs is 3. The molecule has 10 heteroatoms. The van der Waals surface area contributed by atoms with Crippen molar-refractivity contribution in [1.82, 2.24) is 4.98 Å². The first-order valence-corrected chi connectivity index (χ1v) is 12.6. The van der Waals surface area contributed by atoms with E-state index >= 15 is 0 Å². The summed E-state index contributed by atoms with van der Waals surface area (Å²) >= 11 is 6.11. The van der Waals surface area contributed by atoms with Gasteiger partial charge in [0.15, 0.2) is 21.0 Å². The number of aliphatic hydroxyl groups excluding tert-OH is 1. The van der Waals surface area contributed by atoms with Crippen LogP contribution in [0.2, 0.25) is 5.02 Å². The van der Waals surface area contributed by atoms with Crippen LogP contribution in [0.1, 0.15) is 22.7 Å². The number of halogens is 1. The highest BCUT2D eigenvalue weighted by molar-refractivity contribution is 7.90. The van der Waals surface area contributed by atoms with E-state index in [2.05, 4.69) is 4.98 Å². The fraction of sp³-hybridized carbons (Fsp3) is 0.250. The Hall–Kier alpha value is -2.98. The average Bonchev–Trinajstić information content (AvgIpc) is 3.16. The molecule has 34 heavy (non-hydrogen) atoms. The number of carbonyl (C=O) groups is 1. The molecule has 2 aromatic carbocycles. The van der Waals surface area contributed by atoms with Crippen molar-refractivity contribution in [2.75, 3.05) is 6.26 Å². The van der Waals surface area contributed by atoms with Crippen molar-refractivity contribution >= 4 is 27.4 Å². The Bertz CT molecular complexity index is 1400. The minimum Gasteiger partial charge on any atom is -0.481 e. The fourth-order valence-corrected chi connectivity index (χ4v) is 6.13. The predicted octanol–water partition coefficient (Wildman–Crippen LogP) is 2.47. The number of sulfone groups is 1. The van der Waals surface area contributed by atoms with Crippen LogP contribution in [-0.4, -0.2) is 47.1 Å². The third kappa shape index (κ3) is 2.94. The molecule has 176 valence electrons. The van der Waals surface area contributed by atoms with Crippen molar-refractivity contribution in [3.8, 4) is 5.75 Å². The molecule has 3 N–H and O–H groups in total. The number of carboxylic acids is 1. The van der Waals surface area contributed by atoms with Crippen molar-refractivity contribution in [2.24, 2.45) is 5.92 Å². The molecule has 1 saturated carbocycles. The topological polar surface area (TPSA) is 134 Å². The van der Waals surface area contributed by atoms with E-state index in [1.54, 1.807) is 30.3 Å². The Balaban J connectivity index is 1.85. The van der Waals surface area contributed by atoms with Gasteiger partial charge in [0.05, 0.1) is 15.8 Å². The van der Waals surface area contributed by atoms with Gasteiger partial charge in [-0.1, -0.05) is 54.1 Å². The largest absolute Gasteiger partial charge is 0.481 e. The summed E-state index contributed by atoms with van der Waals surface area (Å²) in [6, 6.07) is 15.7. The second-order valence-electron chi connectivity index (χ2n) is 8.60. The molecule has 1 fully saturated rings. The van der Waals surface area contributed by atoms with E-state index in [1.165, 1.54) is 36.5 Å². The molecule has 8 nitrogen and oxygen atoms in total. The molecule has 0 spiro atoms. The van der Waals surface area contributed by atoms with Gasteiger partial charge in [-0.15, -0.1) is 0 Å². The molecule has 1 aliphatic heterocycles. The Morgan fingerprint density at radius 2 is 1.76 bits per heavy atom. The normalized spacial score (nSPS) is 29.8. The molecular weight excluding hydrogens is 482 g/mol. The van der Waals surface area contributed by atoms with Crippen LogP contribution in [0.3, 0.4) is 0 Å². The Kier molecular flexibility index (Phi) is 5.04. The van der Waals surface area contributed by atoms with E-state index in [-0.39, 0.29) is 26.9 Å². The highest BCUT2D eigenvalue weighted by atomic mass is 35.5. The van der Waals surface area contributed by atoms with E-state index in [0.717, 1.165) is 6.26 Å². The molecule has 2 aliphatic rings. The van der Waals surface area contributed by atoms with Gasteiger partial charge in [0.1, 0.15) is 17.5 Å². The van der Waals surface area contributed by atoms with Crippen LogP contribution >= 0.6 is 11.6 Å². The van der Waals surface area contributed by atoms with Gasteiger partial charge < -0.3 is 20.1 Å². The zero-order chi connectivity index (χ0) is 24.5. The molecule has 0 amide bonds. The maximum atomic E-state index is 12.4. The number of ether oxygens (including phenoxy) is 1.